The van der Waals surface area contributed by atoms with Gasteiger partial charge < -0.3 is 15.2 Å². The van der Waals surface area contributed by atoms with Gasteiger partial charge in [0.25, 0.3) is 0 Å². The van der Waals surface area contributed by atoms with Crippen molar-refractivity contribution in [2.45, 2.75) is 39.2 Å². The molecule has 0 radical (unpaired) electrons. The summed E-state index contributed by atoms with van der Waals surface area (Å²) in [5.41, 5.74) is 0. The van der Waals surface area contributed by atoms with E-state index in [-0.39, 0.29) is 0 Å². The molecule has 0 aromatic carbocycles. The van der Waals surface area contributed by atoms with E-state index in [9.17, 15) is 0 Å². The average Bonchev–Trinajstić information content (AvgIpc) is 2.27. The Labute approximate surface area is 93.2 Å². The predicted molar refractivity (Wildman–Crippen MR) is 61.9 cm³/mol. The summed E-state index contributed by atoms with van der Waals surface area (Å²) in [7, 11) is 0. The summed E-state index contributed by atoms with van der Waals surface area (Å²) in [6, 6.07) is 0.579. The molecular formula is C12H25NO2. The number of hydrogen-bond acceptors (Lipinski definition) is 3. The molecule has 90 valence electrons. The van der Waals surface area contributed by atoms with Gasteiger partial charge in [0, 0.05) is 25.9 Å². The van der Waals surface area contributed by atoms with E-state index >= 15 is 0 Å². The van der Waals surface area contributed by atoms with Gasteiger partial charge in [0.1, 0.15) is 0 Å². The van der Waals surface area contributed by atoms with Crippen molar-refractivity contribution in [2.75, 3.05) is 26.4 Å². The highest BCUT2D eigenvalue weighted by Crippen LogP contribution is 2.18. The lowest BCUT2D eigenvalue weighted by molar-refractivity contribution is 0.0554. The fourth-order valence-electron chi connectivity index (χ4n) is 2.09. The normalized spacial score (nSPS) is 22.6. The number of nitrogens with one attached hydrogen (secondary N) is 1. The summed E-state index contributed by atoms with van der Waals surface area (Å²) in [5.74, 6) is 1.33. The van der Waals surface area contributed by atoms with Crippen molar-refractivity contribution in [3.05, 3.63) is 0 Å². The molecule has 1 saturated heterocycles. The summed E-state index contributed by atoms with van der Waals surface area (Å²) in [6.07, 6.45) is 3.26. The zero-order chi connectivity index (χ0) is 11.1. The van der Waals surface area contributed by atoms with Gasteiger partial charge in [0.15, 0.2) is 0 Å². The van der Waals surface area contributed by atoms with Crippen LogP contribution >= 0.6 is 0 Å². The molecular weight excluding hydrogens is 190 g/mol. The molecule has 0 saturated carbocycles. The SMILES string of the molecule is CC(CCO)CNC(C)C1CCOCC1. The molecule has 3 heteroatoms. The Kier molecular flexibility index (Phi) is 6.22. The lowest BCUT2D eigenvalue weighted by Gasteiger charge is -2.29. The van der Waals surface area contributed by atoms with Crippen molar-refractivity contribution >= 4 is 0 Å². The van der Waals surface area contributed by atoms with Crippen molar-refractivity contribution in [2.24, 2.45) is 11.8 Å². The number of aliphatic hydroxyl groups is 1. The summed E-state index contributed by atoms with van der Waals surface area (Å²) in [6.45, 7) is 7.60. The van der Waals surface area contributed by atoms with Crippen LogP contribution in [-0.2, 0) is 4.74 Å². The highest BCUT2D eigenvalue weighted by Gasteiger charge is 2.20. The zero-order valence-electron chi connectivity index (χ0n) is 10.0. The maximum absolute atomic E-state index is 8.81. The van der Waals surface area contributed by atoms with Crippen molar-refractivity contribution in [1.29, 1.82) is 0 Å². The van der Waals surface area contributed by atoms with Crippen molar-refractivity contribution < 1.29 is 9.84 Å². The molecule has 1 aliphatic heterocycles. The van der Waals surface area contributed by atoms with Crippen molar-refractivity contribution in [3.63, 3.8) is 0 Å². The van der Waals surface area contributed by atoms with Gasteiger partial charge in [-0.25, -0.2) is 0 Å². The molecule has 1 aliphatic rings. The van der Waals surface area contributed by atoms with Crippen LogP contribution in [0.4, 0.5) is 0 Å². The first kappa shape index (κ1) is 12.9. The van der Waals surface area contributed by atoms with Gasteiger partial charge in [-0.3, -0.25) is 0 Å². The van der Waals surface area contributed by atoms with Crippen molar-refractivity contribution in [1.82, 2.24) is 5.32 Å². The third-order valence-electron chi connectivity index (χ3n) is 3.38. The van der Waals surface area contributed by atoms with E-state index in [0.29, 0.717) is 18.6 Å². The molecule has 2 unspecified atom stereocenters. The quantitative estimate of drug-likeness (QED) is 0.704. The largest absolute Gasteiger partial charge is 0.396 e. The van der Waals surface area contributed by atoms with E-state index in [1.54, 1.807) is 0 Å². The van der Waals surface area contributed by atoms with E-state index in [4.69, 9.17) is 9.84 Å². The number of hydrogen-bond donors (Lipinski definition) is 2. The molecule has 0 aromatic rings. The van der Waals surface area contributed by atoms with Gasteiger partial charge in [-0.2, -0.15) is 0 Å². The van der Waals surface area contributed by atoms with Gasteiger partial charge in [-0.05, 0) is 44.6 Å². The standard InChI is InChI=1S/C12H25NO2/c1-10(3-6-14)9-13-11(2)12-4-7-15-8-5-12/h10-14H,3-9H2,1-2H3. The van der Waals surface area contributed by atoms with Crippen LogP contribution in [0.3, 0.4) is 0 Å². The highest BCUT2D eigenvalue weighted by molar-refractivity contribution is 4.75. The van der Waals surface area contributed by atoms with E-state index in [1.165, 1.54) is 12.8 Å². The lowest BCUT2D eigenvalue weighted by Crippen LogP contribution is -2.38. The minimum Gasteiger partial charge on any atom is -0.396 e. The molecule has 2 atom stereocenters. The molecule has 0 spiro atoms. The topological polar surface area (TPSA) is 41.5 Å². The summed E-state index contributed by atoms with van der Waals surface area (Å²) < 4.78 is 5.35. The third kappa shape index (κ3) is 4.96. The molecule has 0 aliphatic carbocycles. The molecule has 0 bridgehead atoms. The summed E-state index contributed by atoms with van der Waals surface area (Å²) in [5, 5.41) is 12.4. The maximum atomic E-state index is 8.81. The van der Waals surface area contributed by atoms with Crippen LogP contribution in [0.2, 0.25) is 0 Å². The Morgan fingerprint density at radius 2 is 2.00 bits per heavy atom. The van der Waals surface area contributed by atoms with E-state index in [0.717, 1.165) is 32.1 Å². The van der Waals surface area contributed by atoms with Gasteiger partial charge >= 0.3 is 0 Å². The van der Waals surface area contributed by atoms with Gasteiger partial charge in [-0.1, -0.05) is 6.92 Å². The van der Waals surface area contributed by atoms with Crippen LogP contribution in [-0.4, -0.2) is 37.5 Å². The van der Waals surface area contributed by atoms with Crippen LogP contribution in [0.5, 0.6) is 0 Å². The minimum absolute atomic E-state index is 0.300. The highest BCUT2D eigenvalue weighted by atomic mass is 16.5. The van der Waals surface area contributed by atoms with E-state index in [2.05, 4.69) is 19.2 Å². The van der Waals surface area contributed by atoms with Gasteiger partial charge in [0.2, 0.25) is 0 Å². The zero-order valence-corrected chi connectivity index (χ0v) is 10.0. The van der Waals surface area contributed by atoms with Crippen LogP contribution in [0.25, 0.3) is 0 Å². The van der Waals surface area contributed by atoms with Crippen LogP contribution < -0.4 is 5.32 Å². The molecule has 1 rings (SSSR count). The first-order valence-electron chi connectivity index (χ1n) is 6.16. The molecule has 0 aromatic heterocycles. The van der Waals surface area contributed by atoms with Gasteiger partial charge in [-0.15, -0.1) is 0 Å². The minimum atomic E-state index is 0.300. The molecule has 1 heterocycles. The Bertz CT molecular complexity index is 158. The summed E-state index contributed by atoms with van der Waals surface area (Å²) in [4.78, 5) is 0. The van der Waals surface area contributed by atoms with E-state index < -0.39 is 0 Å². The first-order valence-corrected chi connectivity index (χ1v) is 6.16. The number of aliphatic hydroxyl groups excluding tert-OH is 1. The average molecular weight is 215 g/mol. The molecule has 2 N–H and O–H groups in total. The molecule has 15 heavy (non-hydrogen) atoms. The van der Waals surface area contributed by atoms with Gasteiger partial charge in [0.05, 0.1) is 0 Å². The maximum Gasteiger partial charge on any atom is 0.0469 e. The second-order valence-electron chi connectivity index (χ2n) is 4.76. The molecule has 3 nitrogen and oxygen atoms in total. The fourth-order valence-corrected chi connectivity index (χ4v) is 2.09. The predicted octanol–water partition coefficient (Wildman–Crippen LogP) is 1.41. The first-order chi connectivity index (χ1) is 7.24. The van der Waals surface area contributed by atoms with Crippen LogP contribution in [0.15, 0.2) is 0 Å². The van der Waals surface area contributed by atoms with Crippen LogP contribution in [0, 0.1) is 11.8 Å². The Morgan fingerprint density at radius 1 is 1.33 bits per heavy atom. The Balaban J connectivity index is 2.13. The Hall–Kier alpha value is -0.120. The monoisotopic (exact) mass is 215 g/mol. The second kappa shape index (κ2) is 7.20. The molecule has 1 fully saturated rings. The number of ether oxygens (including phenoxy) is 1. The fraction of sp³-hybridized carbons (Fsp3) is 1.00. The second-order valence-corrected chi connectivity index (χ2v) is 4.76. The smallest absolute Gasteiger partial charge is 0.0469 e. The van der Waals surface area contributed by atoms with Crippen LogP contribution in [0.1, 0.15) is 33.1 Å². The van der Waals surface area contributed by atoms with Crippen molar-refractivity contribution in [3.8, 4) is 0 Å². The Morgan fingerprint density at radius 3 is 2.60 bits per heavy atom. The summed E-state index contributed by atoms with van der Waals surface area (Å²) >= 11 is 0. The molecule has 0 amide bonds. The lowest BCUT2D eigenvalue weighted by atomic mass is 9.92. The number of rotatable bonds is 6. The third-order valence-corrected chi connectivity index (χ3v) is 3.38. The van der Waals surface area contributed by atoms with E-state index in [1.807, 2.05) is 0 Å².